The van der Waals surface area contributed by atoms with E-state index in [2.05, 4.69) is 34.9 Å². The molecule has 158 valence electrons. The van der Waals surface area contributed by atoms with E-state index in [-0.39, 0.29) is 11.9 Å². The van der Waals surface area contributed by atoms with Crippen molar-refractivity contribution in [1.82, 2.24) is 15.5 Å². The van der Waals surface area contributed by atoms with Gasteiger partial charge in [0.25, 0.3) is 5.91 Å². The van der Waals surface area contributed by atoms with Crippen LogP contribution in [0.4, 0.5) is 0 Å². The lowest BCUT2D eigenvalue weighted by Gasteiger charge is -2.37. The summed E-state index contributed by atoms with van der Waals surface area (Å²) in [6.45, 7) is 0. The number of nitrogens with zero attached hydrogens (tertiary/aromatic N) is 1. The molecule has 1 unspecified atom stereocenters. The number of carbonyl (C=O) groups excluding carboxylic acids is 1. The second-order valence-electron chi connectivity index (χ2n) is 9.49. The van der Waals surface area contributed by atoms with Gasteiger partial charge in [-0.25, -0.2) is 0 Å². The number of rotatable bonds is 7. The van der Waals surface area contributed by atoms with Crippen LogP contribution in [0.1, 0.15) is 69.8 Å². The van der Waals surface area contributed by atoms with Gasteiger partial charge in [-0.05, 0) is 56.4 Å². The summed E-state index contributed by atoms with van der Waals surface area (Å²) < 4.78 is 0. The zero-order chi connectivity index (χ0) is 20.3. The third kappa shape index (κ3) is 4.66. The van der Waals surface area contributed by atoms with Crippen molar-refractivity contribution in [3.8, 4) is 0 Å². The summed E-state index contributed by atoms with van der Waals surface area (Å²) in [5.74, 6) is 0.859. The van der Waals surface area contributed by atoms with Crippen LogP contribution < -0.4 is 10.6 Å². The highest BCUT2D eigenvalue weighted by Crippen LogP contribution is 2.36. The predicted molar refractivity (Wildman–Crippen MR) is 117 cm³/mol. The molecule has 3 atom stereocenters. The van der Waals surface area contributed by atoms with Gasteiger partial charge in [0.2, 0.25) is 0 Å². The van der Waals surface area contributed by atoms with Crippen LogP contribution in [-0.2, 0) is 11.2 Å². The summed E-state index contributed by atoms with van der Waals surface area (Å²) >= 11 is 0. The highest BCUT2D eigenvalue weighted by atomic mass is 16.2. The fraction of sp³-hybridized carbons (Fsp3) is 0.667. The molecule has 3 aliphatic rings. The number of carbonyl (C=O) groups is 1. The van der Waals surface area contributed by atoms with E-state index in [0.717, 1.165) is 25.7 Å². The van der Waals surface area contributed by atoms with E-state index in [1.807, 2.05) is 6.07 Å². The molecule has 2 aliphatic carbocycles. The third-order valence-electron chi connectivity index (χ3n) is 7.34. The van der Waals surface area contributed by atoms with Gasteiger partial charge in [-0.15, -0.1) is 0 Å². The van der Waals surface area contributed by atoms with E-state index in [1.165, 1.54) is 55.4 Å². The maximum atomic E-state index is 13.2. The molecule has 5 heteroatoms. The number of nitrogens with one attached hydrogen (secondary N) is 3. The number of hydrogen-bond acceptors (Lipinski definition) is 3. The van der Waals surface area contributed by atoms with Crippen LogP contribution >= 0.6 is 0 Å². The lowest BCUT2D eigenvalue weighted by atomic mass is 9.75. The first-order chi connectivity index (χ1) is 14.1. The minimum Gasteiger partial charge on any atom is -0.342 e. The van der Waals surface area contributed by atoms with Crippen LogP contribution in [0.25, 0.3) is 0 Å². The summed E-state index contributed by atoms with van der Waals surface area (Å²) in [7, 11) is 1.73. The lowest BCUT2D eigenvalue weighted by Crippen LogP contribution is -2.50. The molecule has 0 radical (unpaired) electrons. The Bertz CT molecular complexity index is 715. The molecule has 3 N–H and O–H groups in total. The molecular formula is C24H36N4O. The maximum absolute atomic E-state index is 13.2. The number of guanidine groups is 1. The molecule has 0 bridgehead atoms. The fourth-order valence-corrected chi connectivity index (χ4v) is 5.75. The quantitative estimate of drug-likeness (QED) is 0.656. The van der Waals surface area contributed by atoms with E-state index >= 15 is 0 Å². The monoisotopic (exact) mass is 396 g/mol. The first-order valence-electron chi connectivity index (χ1n) is 11.5. The first kappa shape index (κ1) is 20.4. The lowest BCUT2D eigenvalue weighted by molar-refractivity contribution is -0.131. The van der Waals surface area contributed by atoms with Crippen molar-refractivity contribution in [3.05, 3.63) is 35.9 Å². The fourth-order valence-electron chi connectivity index (χ4n) is 5.75. The molecule has 1 heterocycles. The van der Waals surface area contributed by atoms with Crippen molar-refractivity contribution >= 4 is 11.9 Å². The summed E-state index contributed by atoms with van der Waals surface area (Å²) in [6, 6.07) is 11.7. The van der Waals surface area contributed by atoms with Gasteiger partial charge < -0.3 is 10.6 Å². The summed E-state index contributed by atoms with van der Waals surface area (Å²) in [5, 5.41) is 15.4. The van der Waals surface area contributed by atoms with Crippen LogP contribution in [0.2, 0.25) is 0 Å². The van der Waals surface area contributed by atoms with Crippen molar-refractivity contribution in [2.24, 2.45) is 5.92 Å². The van der Waals surface area contributed by atoms with Crippen molar-refractivity contribution < 1.29 is 4.79 Å². The van der Waals surface area contributed by atoms with Gasteiger partial charge in [-0.2, -0.15) is 0 Å². The smallest absolute Gasteiger partial charge is 0.254 e. The molecule has 4 rings (SSSR count). The molecule has 1 saturated heterocycles. The Kier molecular flexibility index (Phi) is 6.23. The SMILES string of the molecule is CN1C(=N)NC(CCc2ccccc2)(C[C@H]2CCC[C@H](NC3CCCC3)C2)C1=O. The zero-order valence-corrected chi connectivity index (χ0v) is 17.8. The highest BCUT2D eigenvalue weighted by Gasteiger charge is 2.49. The Morgan fingerprint density at radius 3 is 2.52 bits per heavy atom. The van der Waals surface area contributed by atoms with Crippen molar-refractivity contribution in [1.29, 1.82) is 5.41 Å². The van der Waals surface area contributed by atoms with Gasteiger partial charge in [0, 0.05) is 19.1 Å². The third-order valence-corrected chi connectivity index (χ3v) is 7.34. The normalized spacial score (nSPS) is 30.7. The second kappa shape index (κ2) is 8.86. The van der Waals surface area contributed by atoms with E-state index in [0.29, 0.717) is 18.0 Å². The second-order valence-corrected chi connectivity index (χ2v) is 9.49. The summed E-state index contributed by atoms with van der Waals surface area (Å²) in [5.41, 5.74) is 0.633. The Labute approximate surface area is 175 Å². The first-order valence-corrected chi connectivity index (χ1v) is 11.5. The standard InChI is InChI=1S/C24H36N4O/c1-28-22(29)24(27-23(28)25,15-14-18-8-3-2-4-9-18)17-19-10-7-13-21(16-19)26-20-11-5-6-12-20/h2-4,8-9,19-21,26H,5-7,10-17H2,1H3,(H2,25,27)/t19-,21-,24?/m0/s1. The molecule has 1 aromatic rings. The van der Waals surface area contributed by atoms with E-state index < -0.39 is 5.54 Å². The molecule has 0 spiro atoms. The summed E-state index contributed by atoms with van der Waals surface area (Å²) in [6.07, 6.45) is 12.7. The topological polar surface area (TPSA) is 68.2 Å². The molecular weight excluding hydrogens is 360 g/mol. The van der Waals surface area contributed by atoms with Crippen LogP contribution in [0.5, 0.6) is 0 Å². The molecule has 1 aliphatic heterocycles. The van der Waals surface area contributed by atoms with E-state index in [1.54, 1.807) is 7.05 Å². The number of benzene rings is 1. The largest absolute Gasteiger partial charge is 0.342 e. The van der Waals surface area contributed by atoms with Crippen molar-refractivity contribution in [3.63, 3.8) is 0 Å². The van der Waals surface area contributed by atoms with Gasteiger partial charge in [0.15, 0.2) is 5.96 Å². The Hall–Kier alpha value is -1.88. The van der Waals surface area contributed by atoms with Gasteiger partial charge in [-0.1, -0.05) is 56.0 Å². The molecule has 1 aromatic carbocycles. The Morgan fingerprint density at radius 1 is 1.10 bits per heavy atom. The van der Waals surface area contributed by atoms with Crippen molar-refractivity contribution in [2.45, 2.75) is 88.3 Å². The number of hydrogen-bond donors (Lipinski definition) is 3. The predicted octanol–water partition coefficient (Wildman–Crippen LogP) is 3.84. The van der Waals surface area contributed by atoms with Crippen LogP contribution in [-0.4, -0.2) is 41.4 Å². The average molecular weight is 397 g/mol. The van der Waals surface area contributed by atoms with E-state index in [4.69, 9.17) is 5.41 Å². The molecule has 3 fully saturated rings. The van der Waals surface area contributed by atoms with Crippen LogP contribution in [0.15, 0.2) is 30.3 Å². The van der Waals surface area contributed by atoms with Gasteiger partial charge >= 0.3 is 0 Å². The molecule has 1 amide bonds. The number of amides is 1. The highest BCUT2D eigenvalue weighted by molar-refractivity contribution is 6.07. The minimum absolute atomic E-state index is 0.0734. The van der Waals surface area contributed by atoms with Crippen LogP contribution in [0.3, 0.4) is 0 Å². The van der Waals surface area contributed by atoms with Gasteiger partial charge in [0.05, 0.1) is 0 Å². The molecule has 5 nitrogen and oxygen atoms in total. The Morgan fingerprint density at radius 2 is 1.83 bits per heavy atom. The molecule has 0 aromatic heterocycles. The van der Waals surface area contributed by atoms with Gasteiger partial charge in [-0.3, -0.25) is 15.1 Å². The van der Waals surface area contributed by atoms with E-state index in [9.17, 15) is 4.79 Å². The minimum atomic E-state index is -0.623. The number of likely N-dealkylation sites (N-methyl/N-ethyl adjacent to an activating group) is 1. The summed E-state index contributed by atoms with van der Waals surface area (Å²) in [4.78, 5) is 14.7. The maximum Gasteiger partial charge on any atom is 0.254 e. The number of aryl methyl sites for hydroxylation is 1. The Balaban J connectivity index is 1.43. The van der Waals surface area contributed by atoms with Gasteiger partial charge in [0.1, 0.15) is 5.54 Å². The van der Waals surface area contributed by atoms with Crippen molar-refractivity contribution in [2.75, 3.05) is 7.05 Å². The van der Waals surface area contributed by atoms with Crippen LogP contribution in [0, 0.1) is 11.3 Å². The molecule has 2 saturated carbocycles. The molecule has 29 heavy (non-hydrogen) atoms. The average Bonchev–Trinajstić information content (AvgIpc) is 3.31. The zero-order valence-electron chi connectivity index (χ0n) is 17.8.